The lowest BCUT2D eigenvalue weighted by molar-refractivity contribution is 0.184. The summed E-state index contributed by atoms with van der Waals surface area (Å²) in [5.74, 6) is 0.669. The predicted molar refractivity (Wildman–Crippen MR) is 81.4 cm³/mol. The van der Waals surface area contributed by atoms with Crippen molar-refractivity contribution in [2.75, 3.05) is 20.2 Å². The van der Waals surface area contributed by atoms with Gasteiger partial charge in [0.15, 0.2) is 0 Å². The van der Waals surface area contributed by atoms with Gasteiger partial charge in [-0.1, -0.05) is 24.3 Å². The number of nitrogens with two attached hydrogens (primary N) is 1. The van der Waals surface area contributed by atoms with E-state index in [1.165, 1.54) is 17.5 Å². The Kier molecular flexibility index (Phi) is 6.80. The van der Waals surface area contributed by atoms with E-state index >= 15 is 0 Å². The molecule has 0 aromatic heterocycles. The molecule has 0 spiro atoms. The van der Waals surface area contributed by atoms with Gasteiger partial charge < -0.3 is 10.5 Å². The van der Waals surface area contributed by atoms with Gasteiger partial charge in [0, 0.05) is 26.2 Å². The molecule has 0 bridgehead atoms. The van der Waals surface area contributed by atoms with Crippen molar-refractivity contribution < 1.29 is 4.74 Å². The highest BCUT2D eigenvalue weighted by Gasteiger charge is 2.27. The second-order valence-electron chi connectivity index (χ2n) is 5.37. The molecule has 1 aliphatic heterocycles. The zero-order valence-corrected chi connectivity index (χ0v) is 12.7. The summed E-state index contributed by atoms with van der Waals surface area (Å²) >= 11 is 0. The van der Waals surface area contributed by atoms with Gasteiger partial charge in [-0.05, 0) is 36.9 Å². The fraction of sp³-hybridized carbons (Fsp3) is 0.600. The maximum atomic E-state index is 5.77. The van der Waals surface area contributed by atoms with Crippen LogP contribution in [0.2, 0.25) is 0 Å². The van der Waals surface area contributed by atoms with Gasteiger partial charge in [-0.3, -0.25) is 4.90 Å². The van der Waals surface area contributed by atoms with Gasteiger partial charge in [0.05, 0.1) is 6.61 Å². The maximum Gasteiger partial charge on any atom is 0.0713 e. The average molecular weight is 285 g/mol. The fourth-order valence-electron chi connectivity index (χ4n) is 2.83. The summed E-state index contributed by atoms with van der Waals surface area (Å²) in [5, 5.41) is 0. The largest absolute Gasteiger partial charge is 0.380 e. The summed E-state index contributed by atoms with van der Waals surface area (Å²) in [5.41, 5.74) is 8.39. The van der Waals surface area contributed by atoms with E-state index in [9.17, 15) is 0 Å². The van der Waals surface area contributed by atoms with Crippen LogP contribution in [0.4, 0.5) is 0 Å². The highest BCUT2D eigenvalue weighted by Crippen LogP contribution is 2.24. The van der Waals surface area contributed by atoms with Crippen LogP contribution in [-0.4, -0.2) is 31.1 Å². The number of methoxy groups -OCH3 is 1. The van der Waals surface area contributed by atoms with Crippen LogP contribution in [0.3, 0.4) is 0 Å². The van der Waals surface area contributed by atoms with Crippen molar-refractivity contribution in [1.82, 2.24) is 4.90 Å². The van der Waals surface area contributed by atoms with E-state index in [2.05, 4.69) is 36.1 Å². The number of halogens is 1. The molecule has 1 heterocycles. The minimum atomic E-state index is 0. The van der Waals surface area contributed by atoms with Gasteiger partial charge in [-0.2, -0.15) is 0 Å². The molecule has 0 amide bonds. The first-order valence-electron chi connectivity index (χ1n) is 6.73. The molecule has 3 nitrogen and oxygen atoms in total. The number of benzene rings is 1. The van der Waals surface area contributed by atoms with Crippen LogP contribution in [0.25, 0.3) is 0 Å². The molecule has 1 saturated heterocycles. The zero-order chi connectivity index (χ0) is 13.0. The van der Waals surface area contributed by atoms with Gasteiger partial charge in [-0.25, -0.2) is 0 Å². The highest BCUT2D eigenvalue weighted by molar-refractivity contribution is 5.85. The smallest absolute Gasteiger partial charge is 0.0713 e. The first-order valence-corrected chi connectivity index (χ1v) is 6.73. The Morgan fingerprint density at radius 3 is 2.74 bits per heavy atom. The molecule has 1 fully saturated rings. The molecular weight excluding hydrogens is 260 g/mol. The Labute approximate surface area is 122 Å². The molecule has 2 atom stereocenters. The van der Waals surface area contributed by atoms with Crippen molar-refractivity contribution in [3.05, 3.63) is 35.4 Å². The summed E-state index contributed by atoms with van der Waals surface area (Å²) in [6.07, 6.45) is 1.23. The van der Waals surface area contributed by atoms with E-state index in [1.807, 2.05) is 0 Å². The number of rotatable bonds is 5. The number of hydrogen-bond acceptors (Lipinski definition) is 3. The van der Waals surface area contributed by atoms with Gasteiger partial charge in [0.2, 0.25) is 0 Å². The number of nitrogens with zero attached hydrogens (tertiary/aromatic N) is 1. The van der Waals surface area contributed by atoms with Crippen LogP contribution < -0.4 is 5.73 Å². The molecule has 0 saturated carbocycles. The standard InChI is InChI=1S/C15H24N2O.ClH/c1-12-6-15(8-16)10-17(12)9-13-4-3-5-14(7-13)11-18-2;/h3-5,7,12,15H,6,8-11,16H2,1-2H3;1H. The van der Waals surface area contributed by atoms with E-state index in [0.29, 0.717) is 18.6 Å². The minimum Gasteiger partial charge on any atom is -0.380 e. The zero-order valence-electron chi connectivity index (χ0n) is 11.8. The molecule has 0 radical (unpaired) electrons. The third-order valence-electron chi connectivity index (χ3n) is 3.81. The summed E-state index contributed by atoms with van der Waals surface area (Å²) in [6, 6.07) is 9.31. The van der Waals surface area contributed by atoms with Crippen LogP contribution in [-0.2, 0) is 17.9 Å². The Bertz CT molecular complexity index is 386. The maximum absolute atomic E-state index is 5.77. The lowest BCUT2D eigenvalue weighted by Crippen LogP contribution is -2.27. The third kappa shape index (κ3) is 4.46. The van der Waals surface area contributed by atoms with Crippen molar-refractivity contribution in [1.29, 1.82) is 0 Å². The Hall–Kier alpha value is -0.610. The Balaban J connectivity index is 0.00000180. The van der Waals surface area contributed by atoms with E-state index in [1.54, 1.807) is 7.11 Å². The van der Waals surface area contributed by atoms with Crippen LogP contribution in [0, 0.1) is 5.92 Å². The molecule has 19 heavy (non-hydrogen) atoms. The first-order chi connectivity index (χ1) is 8.72. The summed E-state index contributed by atoms with van der Waals surface area (Å²) < 4.78 is 5.18. The summed E-state index contributed by atoms with van der Waals surface area (Å²) in [4.78, 5) is 2.53. The summed E-state index contributed by atoms with van der Waals surface area (Å²) in [7, 11) is 1.74. The molecule has 1 aromatic carbocycles. The van der Waals surface area contributed by atoms with Crippen molar-refractivity contribution in [2.24, 2.45) is 11.7 Å². The molecule has 0 aliphatic carbocycles. The molecule has 2 N–H and O–H groups in total. The number of ether oxygens (including phenoxy) is 1. The Morgan fingerprint density at radius 2 is 2.11 bits per heavy atom. The molecule has 1 aliphatic rings. The second-order valence-corrected chi connectivity index (χ2v) is 5.37. The lowest BCUT2D eigenvalue weighted by Gasteiger charge is -2.21. The monoisotopic (exact) mass is 284 g/mol. The third-order valence-corrected chi connectivity index (χ3v) is 3.81. The normalized spacial score (nSPS) is 23.3. The average Bonchev–Trinajstić information content (AvgIpc) is 2.71. The van der Waals surface area contributed by atoms with Crippen molar-refractivity contribution in [2.45, 2.75) is 32.5 Å². The SMILES string of the molecule is COCc1cccc(CN2CC(CN)CC2C)c1.Cl. The molecule has 108 valence electrons. The summed E-state index contributed by atoms with van der Waals surface area (Å²) in [6.45, 7) is 5.95. The van der Waals surface area contributed by atoms with Crippen LogP contribution in [0.5, 0.6) is 0 Å². The topological polar surface area (TPSA) is 38.5 Å². The molecule has 2 unspecified atom stereocenters. The fourth-order valence-corrected chi connectivity index (χ4v) is 2.83. The van der Waals surface area contributed by atoms with Crippen LogP contribution in [0.15, 0.2) is 24.3 Å². The number of likely N-dealkylation sites (tertiary alicyclic amines) is 1. The van der Waals surface area contributed by atoms with E-state index < -0.39 is 0 Å². The molecule has 4 heteroatoms. The minimum absolute atomic E-state index is 0. The van der Waals surface area contributed by atoms with Gasteiger partial charge >= 0.3 is 0 Å². The lowest BCUT2D eigenvalue weighted by atomic mass is 10.1. The molecule has 2 rings (SSSR count). The predicted octanol–water partition coefficient (Wildman–Crippen LogP) is 2.42. The van der Waals surface area contributed by atoms with Crippen LogP contribution >= 0.6 is 12.4 Å². The van der Waals surface area contributed by atoms with Gasteiger partial charge in [0.25, 0.3) is 0 Å². The van der Waals surface area contributed by atoms with E-state index in [-0.39, 0.29) is 12.4 Å². The highest BCUT2D eigenvalue weighted by atomic mass is 35.5. The molecular formula is C15H25ClN2O. The van der Waals surface area contributed by atoms with Gasteiger partial charge in [0.1, 0.15) is 0 Å². The molecule has 1 aromatic rings. The van der Waals surface area contributed by atoms with Crippen molar-refractivity contribution in [3.63, 3.8) is 0 Å². The first kappa shape index (κ1) is 16.4. The van der Waals surface area contributed by atoms with Gasteiger partial charge in [-0.15, -0.1) is 12.4 Å². The van der Waals surface area contributed by atoms with E-state index in [0.717, 1.165) is 19.6 Å². The Morgan fingerprint density at radius 1 is 1.37 bits per heavy atom. The van der Waals surface area contributed by atoms with Crippen molar-refractivity contribution >= 4 is 12.4 Å². The quantitative estimate of drug-likeness (QED) is 0.902. The second kappa shape index (κ2) is 7.85. The van der Waals surface area contributed by atoms with Crippen LogP contribution in [0.1, 0.15) is 24.5 Å². The number of hydrogen-bond donors (Lipinski definition) is 1. The van der Waals surface area contributed by atoms with Crippen molar-refractivity contribution in [3.8, 4) is 0 Å². The van der Waals surface area contributed by atoms with E-state index in [4.69, 9.17) is 10.5 Å².